The van der Waals surface area contributed by atoms with Crippen molar-refractivity contribution in [1.29, 1.82) is 0 Å². The van der Waals surface area contributed by atoms with Gasteiger partial charge in [0, 0.05) is 36.3 Å². The van der Waals surface area contributed by atoms with E-state index in [1.165, 1.54) is 24.3 Å². The van der Waals surface area contributed by atoms with Crippen LogP contribution in [0.25, 0.3) is 22.0 Å². The number of alkyl carbamates (subject to hydrolysis) is 1. The predicted molar refractivity (Wildman–Crippen MR) is 219 cm³/mol. The van der Waals surface area contributed by atoms with E-state index >= 15 is 0 Å². The number of aromatic nitrogens is 4. The fraction of sp³-hybridized carbons (Fsp3) is 0.500. The first-order chi connectivity index (χ1) is 26.2. The summed E-state index contributed by atoms with van der Waals surface area (Å²) >= 11 is 1.78. The molecule has 3 unspecified atom stereocenters. The molecule has 2 aliphatic rings. The molecule has 4 aromatic rings. The zero-order valence-corrected chi connectivity index (χ0v) is 34.2. The van der Waals surface area contributed by atoms with Crippen molar-refractivity contribution in [1.82, 2.24) is 35.1 Å². The van der Waals surface area contributed by atoms with Gasteiger partial charge in [0.1, 0.15) is 17.8 Å². The van der Waals surface area contributed by atoms with Gasteiger partial charge >= 0.3 is 6.09 Å². The van der Waals surface area contributed by atoms with Gasteiger partial charge in [-0.1, -0.05) is 51.8 Å². The summed E-state index contributed by atoms with van der Waals surface area (Å²) in [6, 6.07) is 12.6. The van der Waals surface area contributed by atoms with Gasteiger partial charge in [-0.05, 0) is 87.0 Å². The lowest BCUT2D eigenvalue weighted by Gasteiger charge is -2.29. The Hall–Kier alpha value is -4.64. The highest BCUT2D eigenvalue weighted by atomic mass is 32.2. The number of fused-ring (bicyclic) bond motifs is 1. The molecule has 55 heavy (non-hydrogen) atoms. The number of nitrogens with one attached hydrogen (secondary N) is 3. The molecule has 2 aromatic heterocycles. The van der Waals surface area contributed by atoms with Gasteiger partial charge in [0.05, 0.1) is 54.6 Å². The van der Waals surface area contributed by atoms with E-state index in [-0.39, 0.29) is 17.2 Å². The molecule has 12 nitrogen and oxygen atoms in total. The van der Waals surface area contributed by atoms with E-state index in [9.17, 15) is 19.5 Å². The summed E-state index contributed by atoms with van der Waals surface area (Å²) in [6.45, 7) is 13.4. The van der Waals surface area contributed by atoms with Gasteiger partial charge in [-0.3, -0.25) is 9.69 Å². The smallest absolute Gasteiger partial charge is 0.407 e. The molecule has 2 saturated heterocycles. The molecule has 2 amide bonds. The topological polar surface area (TPSA) is 157 Å². The summed E-state index contributed by atoms with van der Waals surface area (Å²) in [6.07, 6.45) is 9.14. The molecule has 4 N–H and O–H groups in total. The molecule has 4 heterocycles. The summed E-state index contributed by atoms with van der Waals surface area (Å²) in [5.74, 6) is 9.21. The number of likely N-dealkylation sites (tertiary alicyclic amines) is 1. The van der Waals surface area contributed by atoms with Crippen molar-refractivity contribution in [3.05, 3.63) is 72.2 Å². The van der Waals surface area contributed by atoms with Crippen molar-refractivity contribution >= 4 is 40.8 Å². The van der Waals surface area contributed by atoms with Gasteiger partial charge in [0.25, 0.3) is 0 Å². The highest BCUT2D eigenvalue weighted by Crippen LogP contribution is 2.31. The number of aliphatic hydroxyl groups is 1. The maximum Gasteiger partial charge on any atom is 0.407 e. The standard InChI is InChI=1S/C23H21N5.C12H23NO2S.C7H13NO3/c1-28-10-2-3-22(28)23-25-13-20(27-23)9-5-16-4-6-18-12-19(8-7-17(18)11-16)21-14-24-15-26-21;1-9(2)7-10(14)13-5-6-16-11(13)8-12(3,4)15;1-5(2)6(4-9)8-7(10)11-3/h4,6-8,11-15,22H,2-3,10H2,1H3,(H,24,26)(H,25,27);9,11,15H,5-8H2,1-4H3;4-6H,1-3H3,(H,8,10). The molecular formula is C42H57N7O5S. The normalized spacial score (nSPS) is 17.5. The Bertz CT molecular complexity index is 1910. The fourth-order valence-electron chi connectivity index (χ4n) is 6.29. The highest BCUT2D eigenvalue weighted by Gasteiger charge is 2.33. The number of thioether (sulfide) groups is 1. The number of imidazole rings is 2. The Labute approximate surface area is 329 Å². The lowest BCUT2D eigenvalue weighted by molar-refractivity contribution is -0.132. The third kappa shape index (κ3) is 13.3. The maximum absolute atomic E-state index is 12.0. The number of methoxy groups -OCH3 is 1. The number of carbonyl (C=O) groups excluding carboxylic acids is 3. The minimum absolute atomic E-state index is 0.0894. The quantitative estimate of drug-likeness (QED) is 0.106. The van der Waals surface area contributed by atoms with E-state index in [0.717, 1.165) is 53.6 Å². The van der Waals surface area contributed by atoms with Gasteiger partial charge in [0.15, 0.2) is 0 Å². The van der Waals surface area contributed by atoms with Gasteiger partial charge < -0.3 is 34.8 Å². The van der Waals surface area contributed by atoms with E-state index in [1.54, 1.807) is 31.9 Å². The fourth-order valence-corrected chi connectivity index (χ4v) is 7.79. The number of carbonyl (C=O) groups is 3. The lowest BCUT2D eigenvalue weighted by atomic mass is 10.0. The van der Waals surface area contributed by atoms with E-state index in [1.807, 2.05) is 31.1 Å². The van der Waals surface area contributed by atoms with Crippen molar-refractivity contribution < 1.29 is 24.2 Å². The molecular weight excluding hydrogens is 715 g/mol. The molecule has 2 fully saturated rings. The number of hydrogen-bond donors (Lipinski definition) is 4. The molecule has 3 atom stereocenters. The molecule has 0 bridgehead atoms. The van der Waals surface area contributed by atoms with Crippen LogP contribution in [0.5, 0.6) is 0 Å². The number of amides is 2. The third-order valence-corrected chi connectivity index (χ3v) is 10.5. The number of hydrogen-bond acceptors (Lipinski definition) is 9. The molecule has 13 heteroatoms. The summed E-state index contributed by atoms with van der Waals surface area (Å²) < 4.78 is 4.32. The molecule has 0 spiro atoms. The Balaban J connectivity index is 0.000000211. The Morgan fingerprint density at radius 2 is 1.85 bits per heavy atom. The summed E-state index contributed by atoms with van der Waals surface area (Å²) in [4.78, 5) is 52.3. The van der Waals surface area contributed by atoms with Crippen molar-refractivity contribution in [2.45, 2.75) is 90.3 Å². The second-order valence-electron chi connectivity index (χ2n) is 15.4. The van der Waals surface area contributed by atoms with E-state index in [2.05, 4.69) is 104 Å². The average molecular weight is 772 g/mol. The lowest BCUT2D eigenvalue weighted by Crippen LogP contribution is -2.39. The van der Waals surface area contributed by atoms with Crippen LogP contribution in [0.4, 0.5) is 4.79 Å². The first kappa shape index (κ1) is 43.1. The Morgan fingerprint density at radius 1 is 1.11 bits per heavy atom. The van der Waals surface area contributed by atoms with Crippen LogP contribution >= 0.6 is 11.8 Å². The molecule has 2 aliphatic heterocycles. The monoisotopic (exact) mass is 771 g/mol. The van der Waals surface area contributed by atoms with Crippen LogP contribution in [0.3, 0.4) is 0 Å². The third-order valence-electron chi connectivity index (χ3n) is 9.32. The van der Waals surface area contributed by atoms with Crippen molar-refractivity contribution in [2.75, 3.05) is 33.0 Å². The van der Waals surface area contributed by atoms with E-state index < -0.39 is 17.7 Å². The van der Waals surface area contributed by atoms with Crippen LogP contribution in [0.15, 0.2) is 55.1 Å². The predicted octanol–water partition coefficient (Wildman–Crippen LogP) is 6.78. The summed E-state index contributed by atoms with van der Waals surface area (Å²) in [5, 5.41) is 14.7. The van der Waals surface area contributed by atoms with Crippen molar-refractivity contribution in [3.63, 3.8) is 0 Å². The minimum Gasteiger partial charge on any atom is -0.453 e. The largest absolute Gasteiger partial charge is 0.453 e. The second-order valence-corrected chi connectivity index (χ2v) is 16.7. The van der Waals surface area contributed by atoms with Gasteiger partial charge in [-0.2, -0.15) is 0 Å². The number of H-pyrrole nitrogens is 2. The Morgan fingerprint density at radius 3 is 2.47 bits per heavy atom. The van der Waals surface area contributed by atoms with Crippen LogP contribution in [0.2, 0.25) is 0 Å². The molecule has 0 aliphatic carbocycles. The van der Waals surface area contributed by atoms with Crippen LogP contribution in [0.1, 0.15) is 90.3 Å². The first-order valence-electron chi connectivity index (χ1n) is 18.9. The summed E-state index contributed by atoms with van der Waals surface area (Å²) in [7, 11) is 3.41. The maximum atomic E-state index is 12.0. The van der Waals surface area contributed by atoms with Crippen LogP contribution < -0.4 is 5.32 Å². The second kappa shape index (κ2) is 20.3. The molecule has 2 aromatic carbocycles. The number of nitrogens with zero attached hydrogens (tertiary/aromatic N) is 4. The van der Waals surface area contributed by atoms with E-state index in [0.29, 0.717) is 31.1 Å². The molecule has 0 radical (unpaired) electrons. The van der Waals surface area contributed by atoms with E-state index in [4.69, 9.17) is 0 Å². The number of benzene rings is 2. The van der Waals surface area contributed by atoms with Gasteiger partial charge in [-0.25, -0.2) is 14.8 Å². The van der Waals surface area contributed by atoms with Gasteiger partial charge in [0.2, 0.25) is 5.91 Å². The van der Waals surface area contributed by atoms with Crippen molar-refractivity contribution in [3.8, 4) is 23.1 Å². The Kier molecular flexibility index (Phi) is 15.9. The number of aldehydes is 1. The molecule has 6 rings (SSSR count). The number of aromatic amines is 2. The summed E-state index contributed by atoms with van der Waals surface area (Å²) in [5.41, 5.74) is 3.32. The molecule has 296 valence electrons. The number of ether oxygens (including phenoxy) is 1. The molecule has 0 saturated carbocycles. The zero-order chi connectivity index (χ0) is 40.1. The number of rotatable bonds is 9. The minimum atomic E-state index is -0.696. The zero-order valence-electron chi connectivity index (χ0n) is 33.4. The van der Waals surface area contributed by atoms with Crippen molar-refractivity contribution in [2.24, 2.45) is 11.8 Å². The van der Waals surface area contributed by atoms with Crippen LogP contribution in [0, 0.1) is 23.7 Å². The SMILES string of the molecule is CC(C)CC(=O)N1CCSC1CC(C)(C)O.CN1CCCC1c1ncc(C#Cc2ccc3cc(-c4cnc[nH]4)ccc3c2)[nH]1.COC(=O)NC(C=O)C(C)C. The van der Waals surface area contributed by atoms with Crippen LogP contribution in [-0.4, -0.2) is 103 Å². The first-order valence-corrected chi connectivity index (χ1v) is 19.9. The van der Waals surface area contributed by atoms with Gasteiger partial charge in [-0.15, -0.1) is 11.8 Å². The highest BCUT2D eigenvalue weighted by molar-refractivity contribution is 8.00. The average Bonchev–Trinajstić information content (AvgIpc) is 3.98. The van der Waals surface area contributed by atoms with Crippen LogP contribution in [-0.2, 0) is 14.3 Å².